The minimum Gasteiger partial charge on any atom is -0.469 e. The molecule has 1 rings (SSSR count). The first-order valence-electron chi connectivity index (χ1n) is 4.76. The fourth-order valence-corrected chi connectivity index (χ4v) is 1.30. The molecule has 0 radical (unpaired) electrons. The molecule has 0 saturated carbocycles. The summed E-state index contributed by atoms with van der Waals surface area (Å²) in [4.78, 5) is 11.2. The topological polar surface area (TPSA) is 52.3 Å². The van der Waals surface area contributed by atoms with Crippen LogP contribution < -0.4 is 5.73 Å². The van der Waals surface area contributed by atoms with Crippen LogP contribution in [-0.2, 0) is 9.53 Å². The minimum atomic E-state index is -0.262. The maximum Gasteiger partial charge on any atom is 0.309 e. The molecule has 0 amide bonds. The summed E-state index contributed by atoms with van der Waals surface area (Å²) >= 11 is 4.87. The van der Waals surface area contributed by atoms with Gasteiger partial charge in [-0.1, -0.05) is 42.6 Å². The first-order chi connectivity index (χ1) is 7.63. The lowest BCUT2D eigenvalue weighted by Gasteiger charge is -1.99. The Kier molecular flexibility index (Phi) is 4.66. The van der Waals surface area contributed by atoms with Crippen molar-refractivity contribution in [1.82, 2.24) is 0 Å². The van der Waals surface area contributed by atoms with Crippen LogP contribution in [0.5, 0.6) is 0 Å². The second-order valence-electron chi connectivity index (χ2n) is 3.17. The van der Waals surface area contributed by atoms with E-state index in [1.807, 2.05) is 30.3 Å². The van der Waals surface area contributed by atoms with E-state index >= 15 is 0 Å². The van der Waals surface area contributed by atoms with E-state index in [0.29, 0.717) is 4.99 Å². The lowest BCUT2D eigenvalue weighted by atomic mass is 10.1. The number of carbonyl (C=O) groups is 1. The number of benzene rings is 1. The SMILES string of the molecule is COC(=O)CC=Cc1cccc(C(N)=S)c1. The van der Waals surface area contributed by atoms with Crippen molar-refractivity contribution in [2.75, 3.05) is 7.11 Å². The van der Waals surface area contributed by atoms with Crippen LogP contribution in [-0.4, -0.2) is 18.1 Å². The number of hydrogen-bond acceptors (Lipinski definition) is 3. The molecular weight excluding hydrogens is 222 g/mol. The molecule has 0 spiro atoms. The van der Waals surface area contributed by atoms with Crippen LogP contribution in [0.15, 0.2) is 30.3 Å². The number of carbonyl (C=O) groups excluding carboxylic acids is 1. The highest BCUT2D eigenvalue weighted by Crippen LogP contribution is 2.07. The fourth-order valence-electron chi connectivity index (χ4n) is 1.17. The normalized spacial score (nSPS) is 10.3. The Labute approximate surface area is 99.9 Å². The van der Waals surface area contributed by atoms with Crippen molar-refractivity contribution in [3.05, 3.63) is 41.5 Å². The molecule has 4 heteroatoms. The van der Waals surface area contributed by atoms with E-state index in [0.717, 1.165) is 11.1 Å². The summed E-state index contributed by atoms with van der Waals surface area (Å²) in [5.74, 6) is -0.262. The summed E-state index contributed by atoms with van der Waals surface area (Å²) in [6.07, 6.45) is 3.83. The van der Waals surface area contributed by atoms with Crippen LogP contribution >= 0.6 is 12.2 Å². The van der Waals surface area contributed by atoms with Gasteiger partial charge in [-0.25, -0.2) is 0 Å². The third-order valence-electron chi connectivity index (χ3n) is 1.99. The Morgan fingerprint density at radius 3 is 2.94 bits per heavy atom. The summed E-state index contributed by atoms with van der Waals surface area (Å²) < 4.78 is 4.52. The van der Waals surface area contributed by atoms with Crippen LogP contribution in [0.2, 0.25) is 0 Å². The van der Waals surface area contributed by atoms with E-state index in [4.69, 9.17) is 18.0 Å². The van der Waals surface area contributed by atoms with Gasteiger partial charge >= 0.3 is 5.97 Å². The zero-order chi connectivity index (χ0) is 12.0. The zero-order valence-corrected chi connectivity index (χ0v) is 9.79. The van der Waals surface area contributed by atoms with E-state index in [9.17, 15) is 4.79 Å². The van der Waals surface area contributed by atoms with Crippen molar-refractivity contribution >= 4 is 29.3 Å². The molecule has 2 N–H and O–H groups in total. The molecule has 16 heavy (non-hydrogen) atoms. The Morgan fingerprint density at radius 2 is 2.31 bits per heavy atom. The van der Waals surface area contributed by atoms with E-state index in [1.54, 1.807) is 6.08 Å². The Bertz CT molecular complexity index is 427. The third-order valence-corrected chi connectivity index (χ3v) is 2.23. The summed E-state index contributed by atoms with van der Waals surface area (Å²) in [6, 6.07) is 7.50. The lowest BCUT2D eigenvalue weighted by molar-refractivity contribution is -0.139. The number of rotatable bonds is 4. The predicted octanol–water partition coefficient (Wildman–Crippen LogP) is 1.90. The lowest BCUT2D eigenvalue weighted by Crippen LogP contribution is -2.08. The van der Waals surface area contributed by atoms with Crippen molar-refractivity contribution in [3.63, 3.8) is 0 Å². The first kappa shape index (κ1) is 12.4. The van der Waals surface area contributed by atoms with Gasteiger partial charge in [-0.3, -0.25) is 4.79 Å². The number of thiocarbonyl (C=S) groups is 1. The summed E-state index contributed by atoms with van der Waals surface area (Å²) in [7, 11) is 1.36. The highest BCUT2D eigenvalue weighted by atomic mass is 32.1. The van der Waals surface area contributed by atoms with Crippen molar-refractivity contribution < 1.29 is 9.53 Å². The maximum atomic E-state index is 10.9. The molecule has 0 aliphatic heterocycles. The Hall–Kier alpha value is -1.68. The molecular formula is C12H13NO2S. The third kappa shape index (κ3) is 3.82. The molecule has 0 heterocycles. The van der Waals surface area contributed by atoms with Crippen molar-refractivity contribution in [2.24, 2.45) is 5.73 Å². The second kappa shape index (κ2) is 6.02. The average Bonchev–Trinajstić information content (AvgIpc) is 2.29. The summed E-state index contributed by atoms with van der Waals surface area (Å²) in [5.41, 5.74) is 7.28. The van der Waals surface area contributed by atoms with Gasteiger partial charge in [-0.15, -0.1) is 0 Å². The molecule has 0 bridgehead atoms. The molecule has 1 aromatic rings. The highest BCUT2D eigenvalue weighted by Gasteiger charge is 1.97. The minimum absolute atomic E-state index is 0.258. The molecule has 0 saturated heterocycles. The number of hydrogen-bond donors (Lipinski definition) is 1. The van der Waals surface area contributed by atoms with E-state index < -0.39 is 0 Å². The predicted molar refractivity (Wildman–Crippen MR) is 68.0 cm³/mol. The average molecular weight is 235 g/mol. The smallest absolute Gasteiger partial charge is 0.309 e. The molecule has 0 atom stereocenters. The quantitative estimate of drug-likeness (QED) is 0.639. The molecule has 0 aliphatic rings. The fraction of sp³-hybridized carbons (Fsp3) is 0.167. The number of esters is 1. The van der Waals surface area contributed by atoms with Crippen LogP contribution in [0.25, 0.3) is 6.08 Å². The van der Waals surface area contributed by atoms with Gasteiger partial charge in [0.15, 0.2) is 0 Å². The van der Waals surface area contributed by atoms with Gasteiger partial charge in [0, 0.05) is 5.56 Å². The largest absolute Gasteiger partial charge is 0.469 e. The van der Waals surface area contributed by atoms with Crippen molar-refractivity contribution in [2.45, 2.75) is 6.42 Å². The van der Waals surface area contributed by atoms with Crippen molar-refractivity contribution in [3.8, 4) is 0 Å². The molecule has 3 nitrogen and oxygen atoms in total. The monoisotopic (exact) mass is 235 g/mol. The van der Waals surface area contributed by atoms with Crippen molar-refractivity contribution in [1.29, 1.82) is 0 Å². The van der Waals surface area contributed by atoms with Crippen LogP contribution in [0, 0.1) is 0 Å². The molecule has 84 valence electrons. The van der Waals surface area contributed by atoms with Crippen LogP contribution in [0.4, 0.5) is 0 Å². The number of nitrogens with two attached hydrogens (primary N) is 1. The molecule has 0 aromatic heterocycles. The summed E-state index contributed by atoms with van der Waals surface area (Å²) in [5, 5.41) is 0. The van der Waals surface area contributed by atoms with Crippen LogP contribution in [0.1, 0.15) is 17.5 Å². The zero-order valence-electron chi connectivity index (χ0n) is 8.97. The number of ether oxygens (including phenoxy) is 1. The van der Waals surface area contributed by atoms with Gasteiger partial charge in [0.05, 0.1) is 13.5 Å². The molecule has 0 fully saturated rings. The maximum absolute atomic E-state index is 10.9. The Balaban J connectivity index is 2.70. The van der Waals surface area contributed by atoms with E-state index in [2.05, 4.69) is 4.74 Å². The molecule has 0 aliphatic carbocycles. The first-order valence-corrected chi connectivity index (χ1v) is 5.17. The second-order valence-corrected chi connectivity index (χ2v) is 3.61. The van der Waals surface area contributed by atoms with Gasteiger partial charge in [0.1, 0.15) is 4.99 Å². The Morgan fingerprint density at radius 1 is 1.56 bits per heavy atom. The van der Waals surface area contributed by atoms with Gasteiger partial charge < -0.3 is 10.5 Å². The van der Waals surface area contributed by atoms with Gasteiger partial charge in [0.2, 0.25) is 0 Å². The number of methoxy groups -OCH3 is 1. The van der Waals surface area contributed by atoms with Gasteiger partial charge in [0.25, 0.3) is 0 Å². The standard InChI is InChI=1S/C12H13NO2S/c1-15-11(14)7-3-5-9-4-2-6-10(8-9)12(13)16/h2-6,8H,7H2,1H3,(H2,13,16). The highest BCUT2D eigenvalue weighted by molar-refractivity contribution is 7.80. The van der Waals surface area contributed by atoms with Gasteiger partial charge in [-0.05, 0) is 11.6 Å². The molecule has 1 aromatic carbocycles. The van der Waals surface area contributed by atoms with E-state index in [1.165, 1.54) is 7.11 Å². The summed E-state index contributed by atoms with van der Waals surface area (Å²) in [6.45, 7) is 0. The van der Waals surface area contributed by atoms with E-state index in [-0.39, 0.29) is 12.4 Å². The van der Waals surface area contributed by atoms with Crippen LogP contribution in [0.3, 0.4) is 0 Å². The molecule has 0 unspecified atom stereocenters. The van der Waals surface area contributed by atoms with Gasteiger partial charge in [-0.2, -0.15) is 0 Å².